The van der Waals surface area contributed by atoms with Crippen LogP contribution in [0, 0.1) is 0 Å². The molecule has 2 aliphatic carbocycles. The summed E-state index contributed by atoms with van der Waals surface area (Å²) < 4.78 is 11.8. The Kier molecular flexibility index (Phi) is 8.61. The van der Waals surface area contributed by atoms with E-state index in [9.17, 15) is 4.79 Å². The molecule has 0 unspecified atom stereocenters. The third-order valence-corrected chi connectivity index (χ3v) is 6.62. The van der Waals surface area contributed by atoms with Crippen LogP contribution in [0.5, 0.6) is 5.75 Å². The highest BCUT2D eigenvalue weighted by Crippen LogP contribution is 2.27. The van der Waals surface area contributed by atoms with Crippen molar-refractivity contribution >= 4 is 11.8 Å². The van der Waals surface area contributed by atoms with E-state index in [1.807, 2.05) is 12.1 Å². The molecule has 0 aliphatic heterocycles. The summed E-state index contributed by atoms with van der Waals surface area (Å²) in [5, 5.41) is 1.39. The summed E-state index contributed by atoms with van der Waals surface area (Å²) in [5.41, 5.74) is 8.80. The topological polar surface area (TPSA) is 107 Å². The van der Waals surface area contributed by atoms with E-state index in [1.54, 1.807) is 19.0 Å². The molecule has 2 saturated carbocycles. The normalized spacial score (nSPS) is 18.2. The van der Waals surface area contributed by atoms with Gasteiger partial charge in [-0.2, -0.15) is 0 Å². The van der Waals surface area contributed by atoms with Gasteiger partial charge in [0.2, 0.25) is 0 Å². The molecule has 8 nitrogen and oxygen atoms in total. The molecule has 0 atom stereocenters. The Morgan fingerprint density at radius 1 is 1.09 bits per heavy atom. The number of carbonyl (C=O) groups excluding carboxylic acids is 1. The fourth-order valence-electron chi connectivity index (χ4n) is 4.55. The molecule has 2 fully saturated rings. The van der Waals surface area contributed by atoms with Gasteiger partial charge < -0.3 is 25.1 Å². The van der Waals surface area contributed by atoms with Gasteiger partial charge in [-0.3, -0.25) is 0 Å². The number of nitrogens with two attached hydrogens (primary N) is 2. The average Bonchev–Trinajstić information content (AvgIpc) is 3.34. The van der Waals surface area contributed by atoms with Crippen LogP contribution in [0.1, 0.15) is 76.1 Å². The summed E-state index contributed by atoms with van der Waals surface area (Å²) >= 11 is 0. The Hall–Kier alpha value is -2.48. The number of aromatic nitrogens is 1. The number of rotatable bonds is 8. The van der Waals surface area contributed by atoms with Crippen molar-refractivity contribution in [2.75, 3.05) is 20.7 Å². The third-order valence-electron chi connectivity index (χ3n) is 6.62. The largest absolute Gasteiger partial charge is 0.489 e. The van der Waals surface area contributed by atoms with Gasteiger partial charge in [-0.05, 0) is 57.1 Å². The first-order valence-corrected chi connectivity index (χ1v) is 11.9. The first kappa shape index (κ1) is 24.2. The minimum atomic E-state index is -0.359. The molecule has 2 aliphatic rings. The number of aryl methyl sites for hydroxylation is 1. The van der Waals surface area contributed by atoms with Gasteiger partial charge >= 0.3 is 6.09 Å². The number of likely N-dealkylation sites (N-methyl/N-ethyl adjacent to an activating group) is 1. The van der Waals surface area contributed by atoms with Crippen LogP contribution in [0.15, 0.2) is 17.8 Å². The molecule has 1 aromatic heterocycles. The van der Waals surface area contributed by atoms with Crippen molar-refractivity contribution in [3.05, 3.63) is 29.2 Å². The van der Waals surface area contributed by atoms with Gasteiger partial charge in [0.05, 0.1) is 28.9 Å². The molecule has 1 heterocycles. The van der Waals surface area contributed by atoms with Crippen LogP contribution >= 0.6 is 0 Å². The van der Waals surface area contributed by atoms with E-state index in [1.165, 1.54) is 24.3 Å². The number of amides is 1. The number of pyridine rings is 1. The molecule has 4 N–H and O–H groups in total. The highest BCUT2D eigenvalue weighted by molar-refractivity contribution is 5.69. The van der Waals surface area contributed by atoms with Crippen LogP contribution in [-0.2, 0) is 11.2 Å². The zero-order valence-electron chi connectivity index (χ0n) is 19.8. The zero-order chi connectivity index (χ0) is 23.1. The maximum atomic E-state index is 12.5. The van der Waals surface area contributed by atoms with Crippen LogP contribution < -0.4 is 16.3 Å². The minimum Gasteiger partial charge on any atom is -0.489 e. The van der Waals surface area contributed by atoms with Crippen molar-refractivity contribution in [2.24, 2.45) is 11.6 Å². The Morgan fingerprint density at radius 3 is 2.38 bits per heavy atom. The van der Waals surface area contributed by atoms with Gasteiger partial charge in [0.15, 0.2) is 0 Å². The second-order valence-electron chi connectivity index (χ2n) is 8.95. The van der Waals surface area contributed by atoms with E-state index < -0.39 is 0 Å². The molecule has 178 valence electrons. The number of nitrogens with zero attached hydrogens (tertiary/aromatic N) is 3. The van der Waals surface area contributed by atoms with Crippen LogP contribution in [-0.4, -0.2) is 53.8 Å². The fraction of sp³-hybridized carbons (Fsp3) is 0.667. The Labute approximate surface area is 191 Å². The highest BCUT2D eigenvalue weighted by atomic mass is 16.6. The van der Waals surface area contributed by atoms with E-state index in [0.717, 1.165) is 56.4 Å². The van der Waals surface area contributed by atoms with E-state index >= 15 is 0 Å². The average molecular weight is 446 g/mol. The quantitative estimate of drug-likeness (QED) is 0.463. The van der Waals surface area contributed by atoms with Crippen molar-refractivity contribution in [1.82, 2.24) is 14.9 Å². The summed E-state index contributed by atoms with van der Waals surface area (Å²) in [7, 11) is 3.47. The highest BCUT2D eigenvalue weighted by Gasteiger charge is 2.25. The first-order valence-electron chi connectivity index (χ1n) is 11.9. The summed E-state index contributed by atoms with van der Waals surface area (Å²) in [6.07, 6.45) is 10.9. The predicted molar refractivity (Wildman–Crippen MR) is 126 cm³/mol. The lowest BCUT2D eigenvalue weighted by atomic mass is 9.98. The predicted octanol–water partition coefficient (Wildman–Crippen LogP) is 3.80. The fourth-order valence-corrected chi connectivity index (χ4v) is 4.55. The third kappa shape index (κ3) is 6.06. The molecule has 0 bridgehead atoms. The Morgan fingerprint density at radius 2 is 1.75 bits per heavy atom. The van der Waals surface area contributed by atoms with Crippen molar-refractivity contribution in [3.8, 4) is 5.75 Å². The van der Waals surface area contributed by atoms with Gasteiger partial charge in [0.25, 0.3) is 0 Å². The van der Waals surface area contributed by atoms with Crippen molar-refractivity contribution in [2.45, 2.75) is 83.3 Å². The zero-order valence-corrected chi connectivity index (χ0v) is 19.8. The van der Waals surface area contributed by atoms with Crippen LogP contribution in [0.4, 0.5) is 4.79 Å². The molecule has 3 rings (SSSR count). The van der Waals surface area contributed by atoms with Gasteiger partial charge in [-0.25, -0.2) is 15.6 Å². The van der Waals surface area contributed by atoms with E-state index in [4.69, 9.17) is 26.0 Å². The Balaban J connectivity index is 1.72. The molecule has 0 spiro atoms. The van der Waals surface area contributed by atoms with Crippen molar-refractivity contribution in [1.29, 1.82) is 0 Å². The minimum absolute atomic E-state index is 0.0157. The maximum absolute atomic E-state index is 12.5. The number of hydrogen-bond donors (Lipinski definition) is 2. The molecule has 8 heteroatoms. The van der Waals surface area contributed by atoms with Gasteiger partial charge in [-0.1, -0.05) is 26.2 Å². The van der Waals surface area contributed by atoms with Gasteiger partial charge in [-0.15, -0.1) is 0 Å². The molecule has 32 heavy (non-hydrogen) atoms. The molecule has 0 aromatic carbocycles. The van der Waals surface area contributed by atoms with Crippen molar-refractivity contribution in [3.63, 3.8) is 0 Å². The Bertz CT molecular complexity index is 799. The monoisotopic (exact) mass is 445 g/mol. The van der Waals surface area contributed by atoms with E-state index in [0.29, 0.717) is 17.1 Å². The summed E-state index contributed by atoms with van der Waals surface area (Å²) in [6.45, 7) is 2.04. The lowest BCUT2D eigenvalue weighted by molar-refractivity contribution is 0.0999. The SMILES string of the molecule is CCc1nc(/C(N)=C(\COC(=O)N(C)C2CCCC2)N(C)N)ccc1OC1CCCCC1. The number of hydrazine groups is 1. The summed E-state index contributed by atoms with van der Waals surface area (Å²) in [5.74, 6) is 6.84. The van der Waals surface area contributed by atoms with Gasteiger partial charge in [0.1, 0.15) is 12.4 Å². The smallest absolute Gasteiger partial charge is 0.410 e. The van der Waals surface area contributed by atoms with Crippen LogP contribution in [0.2, 0.25) is 0 Å². The molecular weight excluding hydrogens is 406 g/mol. The molecule has 1 aromatic rings. The standard InChI is InChI=1S/C24H39N5O3/c1-4-19-22(32-18-12-6-5-7-13-18)15-14-20(27-19)23(25)21(29(3)26)16-31-24(30)28(2)17-10-8-9-11-17/h14-15,17-18H,4-13,16,25-26H2,1-3H3/b23-21-. The van der Waals surface area contributed by atoms with E-state index in [2.05, 4.69) is 6.92 Å². The summed E-state index contributed by atoms with van der Waals surface area (Å²) in [6, 6.07) is 4.03. The lowest BCUT2D eigenvalue weighted by Gasteiger charge is -2.26. The van der Waals surface area contributed by atoms with Gasteiger partial charge in [0, 0.05) is 20.1 Å². The van der Waals surface area contributed by atoms with Crippen LogP contribution in [0.25, 0.3) is 5.70 Å². The number of ether oxygens (including phenoxy) is 2. The summed E-state index contributed by atoms with van der Waals surface area (Å²) in [4.78, 5) is 18.9. The number of carbonyl (C=O) groups is 1. The maximum Gasteiger partial charge on any atom is 0.410 e. The second-order valence-corrected chi connectivity index (χ2v) is 8.95. The molecule has 0 radical (unpaired) electrons. The van der Waals surface area contributed by atoms with Crippen molar-refractivity contribution < 1.29 is 14.3 Å². The van der Waals surface area contributed by atoms with E-state index in [-0.39, 0.29) is 24.8 Å². The molecular formula is C24H39N5O3. The first-order chi connectivity index (χ1) is 15.4. The lowest BCUT2D eigenvalue weighted by Crippen LogP contribution is -2.37. The molecule has 0 saturated heterocycles. The second kappa shape index (κ2) is 11.4. The number of hydrogen-bond acceptors (Lipinski definition) is 7. The van der Waals surface area contributed by atoms with Crippen LogP contribution in [0.3, 0.4) is 0 Å². The molecule has 1 amide bonds.